The predicted octanol–water partition coefficient (Wildman–Crippen LogP) is 6.36. The van der Waals surface area contributed by atoms with Crippen molar-refractivity contribution in [3.8, 4) is 33.9 Å². The Kier molecular flexibility index (Phi) is 5.43. The maximum atomic E-state index is 12.6. The topological polar surface area (TPSA) is 112 Å². The maximum Gasteiger partial charge on any atom is 0.227 e. The summed E-state index contributed by atoms with van der Waals surface area (Å²) in [7, 11) is 0. The van der Waals surface area contributed by atoms with Gasteiger partial charge in [-0.1, -0.05) is 31.0 Å². The van der Waals surface area contributed by atoms with Crippen molar-refractivity contribution in [2.75, 3.05) is 5.32 Å². The second-order valence-corrected chi connectivity index (χ2v) is 9.76. The fourth-order valence-corrected chi connectivity index (χ4v) is 5.36. The minimum absolute atomic E-state index is 0.0749. The molecular formula is C30H25N7O. The van der Waals surface area contributed by atoms with Crippen LogP contribution in [0.25, 0.3) is 55.8 Å². The van der Waals surface area contributed by atoms with Crippen LogP contribution >= 0.6 is 0 Å². The van der Waals surface area contributed by atoms with E-state index in [1.165, 1.54) is 0 Å². The molecule has 7 rings (SSSR count). The molecule has 1 amide bonds. The third kappa shape index (κ3) is 4.00. The zero-order valence-electron chi connectivity index (χ0n) is 20.6. The van der Waals surface area contributed by atoms with E-state index in [9.17, 15) is 4.79 Å². The third-order valence-electron chi connectivity index (χ3n) is 7.30. The zero-order valence-corrected chi connectivity index (χ0v) is 20.6. The summed E-state index contributed by atoms with van der Waals surface area (Å²) >= 11 is 0. The number of aromatic amines is 2. The van der Waals surface area contributed by atoms with E-state index in [1.54, 1.807) is 18.6 Å². The largest absolute Gasteiger partial charge is 0.353 e. The first-order chi connectivity index (χ1) is 18.7. The number of amides is 1. The Morgan fingerprint density at radius 3 is 2.71 bits per heavy atom. The summed E-state index contributed by atoms with van der Waals surface area (Å²) in [6.45, 7) is 0. The van der Waals surface area contributed by atoms with Crippen LogP contribution in [-0.2, 0) is 4.79 Å². The Morgan fingerprint density at radius 2 is 1.84 bits per heavy atom. The van der Waals surface area contributed by atoms with Crippen LogP contribution in [0.2, 0.25) is 0 Å². The molecule has 0 bridgehead atoms. The Balaban J connectivity index is 1.25. The molecule has 38 heavy (non-hydrogen) atoms. The first-order valence-corrected chi connectivity index (χ1v) is 12.9. The third-order valence-corrected chi connectivity index (χ3v) is 7.30. The van der Waals surface area contributed by atoms with Crippen LogP contribution in [0.1, 0.15) is 25.7 Å². The number of nitrogens with zero attached hydrogens (tertiary/aromatic N) is 4. The molecule has 0 atom stereocenters. The summed E-state index contributed by atoms with van der Waals surface area (Å²) in [5, 5.41) is 11.8. The molecule has 1 fully saturated rings. The summed E-state index contributed by atoms with van der Waals surface area (Å²) < 4.78 is 0. The highest BCUT2D eigenvalue weighted by atomic mass is 16.1. The number of hydrogen-bond acceptors (Lipinski definition) is 5. The summed E-state index contributed by atoms with van der Waals surface area (Å²) in [6, 6.07) is 20.0. The number of anilines is 1. The van der Waals surface area contributed by atoms with E-state index in [0.29, 0.717) is 5.69 Å². The van der Waals surface area contributed by atoms with Crippen LogP contribution in [0.5, 0.6) is 0 Å². The van der Waals surface area contributed by atoms with Gasteiger partial charge in [-0.15, -0.1) is 0 Å². The van der Waals surface area contributed by atoms with Crippen molar-refractivity contribution in [3.05, 3.63) is 79.3 Å². The lowest BCUT2D eigenvalue weighted by molar-refractivity contribution is -0.119. The van der Waals surface area contributed by atoms with Crippen molar-refractivity contribution >= 4 is 33.5 Å². The number of hydrogen-bond donors (Lipinski definition) is 3. The molecule has 186 valence electrons. The monoisotopic (exact) mass is 499 g/mol. The molecule has 0 saturated heterocycles. The summed E-state index contributed by atoms with van der Waals surface area (Å²) in [5.41, 5.74) is 8.47. The number of carbonyl (C=O) groups is 1. The van der Waals surface area contributed by atoms with Gasteiger partial charge >= 0.3 is 0 Å². The molecule has 0 unspecified atom stereocenters. The Labute approximate surface area is 218 Å². The minimum Gasteiger partial charge on any atom is -0.353 e. The van der Waals surface area contributed by atoms with Crippen LogP contribution in [0.3, 0.4) is 0 Å². The lowest BCUT2D eigenvalue weighted by Crippen LogP contribution is -2.20. The Morgan fingerprint density at radius 1 is 0.921 bits per heavy atom. The molecule has 5 aromatic heterocycles. The minimum atomic E-state index is 0.0749. The van der Waals surface area contributed by atoms with Crippen molar-refractivity contribution in [3.63, 3.8) is 0 Å². The molecular weight excluding hydrogens is 474 g/mol. The molecule has 3 N–H and O–H groups in total. The van der Waals surface area contributed by atoms with Crippen LogP contribution in [0.15, 0.2) is 79.3 Å². The van der Waals surface area contributed by atoms with Gasteiger partial charge in [-0.05, 0) is 55.3 Å². The fourth-order valence-electron chi connectivity index (χ4n) is 5.36. The molecule has 1 aromatic carbocycles. The van der Waals surface area contributed by atoms with Crippen LogP contribution in [0.4, 0.5) is 5.69 Å². The average Bonchev–Trinajstić information content (AvgIpc) is 3.73. The lowest BCUT2D eigenvalue weighted by Gasteiger charge is -2.11. The first-order valence-electron chi connectivity index (χ1n) is 12.9. The highest BCUT2D eigenvalue weighted by Crippen LogP contribution is 2.34. The highest BCUT2D eigenvalue weighted by molar-refractivity contribution is 6.00. The van der Waals surface area contributed by atoms with Gasteiger partial charge in [0.1, 0.15) is 11.2 Å². The van der Waals surface area contributed by atoms with Gasteiger partial charge in [0.25, 0.3) is 0 Å². The molecule has 0 spiro atoms. The second kappa shape index (κ2) is 9.23. The Bertz CT molecular complexity index is 1780. The van der Waals surface area contributed by atoms with Gasteiger partial charge in [-0.25, -0.2) is 4.98 Å². The van der Waals surface area contributed by atoms with E-state index in [-0.39, 0.29) is 11.8 Å². The van der Waals surface area contributed by atoms with E-state index < -0.39 is 0 Å². The molecule has 1 aliphatic carbocycles. The molecule has 0 radical (unpaired) electrons. The van der Waals surface area contributed by atoms with Gasteiger partial charge in [-0.3, -0.25) is 19.9 Å². The zero-order chi connectivity index (χ0) is 25.5. The smallest absolute Gasteiger partial charge is 0.227 e. The van der Waals surface area contributed by atoms with Crippen molar-refractivity contribution in [1.29, 1.82) is 0 Å². The van der Waals surface area contributed by atoms with E-state index in [2.05, 4.69) is 48.7 Å². The van der Waals surface area contributed by atoms with Gasteiger partial charge in [0.2, 0.25) is 5.91 Å². The number of rotatable bonds is 5. The van der Waals surface area contributed by atoms with Crippen LogP contribution < -0.4 is 5.32 Å². The van der Waals surface area contributed by atoms with Gasteiger partial charge in [0, 0.05) is 40.3 Å². The first kappa shape index (κ1) is 22.4. The molecule has 6 aromatic rings. The standard InChI is InChI=1S/C30H25N7O/c38-30(18-6-1-2-7-18)33-20-14-19(16-31-17-20)23-11-12-26-28(35-23)29(37-36-26)27-15-22-21(8-5-10-25(22)34-27)24-9-3-4-13-32-24/h3-5,8-18,34H,1-2,6-7H2,(H,33,38)(H,36,37). The molecule has 8 nitrogen and oxygen atoms in total. The molecule has 1 saturated carbocycles. The number of carbonyl (C=O) groups excluding carboxylic acids is 1. The highest BCUT2D eigenvalue weighted by Gasteiger charge is 2.23. The van der Waals surface area contributed by atoms with E-state index >= 15 is 0 Å². The van der Waals surface area contributed by atoms with Gasteiger partial charge in [-0.2, -0.15) is 5.10 Å². The maximum absolute atomic E-state index is 12.6. The molecule has 0 aliphatic heterocycles. The van der Waals surface area contributed by atoms with Gasteiger partial charge in [0.15, 0.2) is 0 Å². The van der Waals surface area contributed by atoms with Gasteiger partial charge in [0.05, 0.1) is 34.5 Å². The van der Waals surface area contributed by atoms with Crippen molar-refractivity contribution in [1.82, 2.24) is 30.1 Å². The predicted molar refractivity (Wildman–Crippen MR) is 148 cm³/mol. The average molecular weight is 500 g/mol. The number of nitrogens with one attached hydrogen (secondary N) is 3. The number of H-pyrrole nitrogens is 2. The quantitative estimate of drug-likeness (QED) is 0.256. The number of benzene rings is 1. The van der Waals surface area contributed by atoms with E-state index in [4.69, 9.17) is 4.98 Å². The van der Waals surface area contributed by atoms with Gasteiger partial charge < -0.3 is 10.3 Å². The second-order valence-electron chi connectivity index (χ2n) is 9.76. The van der Waals surface area contributed by atoms with Crippen LogP contribution in [-0.4, -0.2) is 36.0 Å². The fraction of sp³-hybridized carbons (Fsp3) is 0.167. The number of pyridine rings is 3. The van der Waals surface area contributed by atoms with Crippen molar-refractivity contribution < 1.29 is 4.79 Å². The lowest BCUT2D eigenvalue weighted by atomic mass is 10.1. The van der Waals surface area contributed by atoms with E-state index in [0.717, 1.165) is 81.5 Å². The number of fused-ring (bicyclic) bond motifs is 2. The summed E-state index contributed by atoms with van der Waals surface area (Å²) in [5.74, 6) is 0.169. The summed E-state index contributed by atoms with van der Waals surface area (Å²) in [4.78, 5) is 30.0. The van der Waals surface area contributed by atoms with Crippen LogP contribution in [0, 0.1) is 5.92 Å². The molecule has 8 heteroatoms. The SMILES string of the molecule is O=C(Nc1cncc(-c2ccc3[nH]nc(-c4cc5c(-c6ccccn6)cccc5[nH]4)c3n2)c1)C1CCCC1. The van der Waals surface area contributed by atoms with E-state index in [1.807, 2.05) is 42.5 Å². The summed E-state index contributed by atoms with van der Waals surface area (Å²) in [6.07, 6.45) is 9.40. The normalized spacial score (nSPS) is 13.9. The van der Waals surface area contributed by atoms with Crippen molar-refractivity contribution in [2.45, 2.75) is 25.7 Å². The number of aromatic nitrogens is 6. The molecule has 5 heterocycles. The molecule has 1 aliphatic rings. The Hall–Kier alpha value is -4.85. The van der Waals surface area contributed by atoms with Crippen molar-refractivity contribution in [2.24, 2.45) is 5.92 Å².